The van der Waals surface area contributed by atoms with Crippen LogP contribution in [-0.2, 0) is 16.6 Å². The summed E-state index contributed by atoms with van der Waals surface area (Å²) in [6.07, 6.45) is 1.90. The monoisotopic (exact) mass is 569 g/mol. The summed E-state index contributed by atoms with van der Waals surface area (Å²) in [5.74, 6) is -1.37. The highest BCUT2D eigenvalue weighted by Gasteiger charge is 2.32. The Morgan fingerprint density at radius 1 is 1.17 bits per heavy atom. The Morgan fingerprint density at radius 3 is 2.61 bits per heavy atom. The van der Waals surface area contributed by atoms with Gasteiger partial charge in [-0.15, -0.1) is 0 Å². The van der Waals surface area contributed by atoms with E-state index >= 15 is 4.39 Å². The Kier molecular flexibility index (Phi) is 7.06. The molecule has 1 aliphatic heterocycles. The lowest BCUT2D eigenvalue weighted by Crippen LogP contribution is -2.21. The largest absolute Gasteiger partial charge is 0.492 e. The van der Waals surface area contributed by atoms with E-state index in [1.54, 1.807) is 30.1 Å². The van der Waals surface area contributed by atoms with Crippen LogP contribution in [-0.4, -0.2) is 43.9 Å². The Labute approximate surface area is 233 Å². The van der Waals surface area contributed by atoms with Crippen molar-refractivity contribution in [3.8, 4) is 17.0 Å². The quantitative estimate of drug-likeness (QED) is 0.267. The lowest BCUT2D eigenvalue weighted by atomic mass is 10.1. The zero-order chi connectivity index (χ0) is 28.8. The SMILES string of the molecule is COc1c(Nc2cc(NC(=O)C3CC3)nc3c2nc(C(F)F)n3C2CCCCO2)ccc(-c2nn(C)cc2C)c1F. The van der Waals surface area contributed by atoms with Crippen LogP contribution in [0.15, 0.2) is 24.4 Å². The Bertz CT molecular complexity index is 1620. The van der Waals surface area contributed by atoms with Crippen LogP contribution >= 0.6 is 0 Å². The number of rotatable bonds is 8. The van der Waals surface area contributed by atoms with Gasteiger partial charge in [0.05, 0.1) is 24.2 Å². The van der Waals surface area contributed by atoms with Crippen LogP contribution in [0.4, 0.5) is 30.4 Å². The molecule has 4 heterocycles. The predicted molar refractivity (Wildman–Crippen MR) is 146 cm³/mol. The summed E-state index contributed by atoms with van der Waals surface area (Å²) in [5, 5.41) is 10.3. The molecule has 1 amide bonds. The van der Waals surface area contributed by atoms with Gasteiger partial charge in [-0.2, -0.15) is 5.10 Å². The second-order valence-electron chi connectivity index (χ2n) is 10.4. The fourth-order valence-electron chi connectivity index (χ4n) is 5.23. The van der Waals surface area contributed by atoms with Gasteiger partial charge in [0.1, 0.15) is 17.6 Å². The number of alkyl halides is 2. The third-order valence-electron chi connectivity index (χ3n) is 7.35. The second-order valence-corrected chi connectivity index (χ2v) is 10.4. The molecule has 13 heteroatoms. The van der Waals surface area contributed by atoms with Gasteiger partial charge in [-0.25, -0.2) is 23.1 Å². The van der Waals surface area contributed by atoms with Gasteiger partial charge in [-0.1, -0.05) is 0 Å². The normalized spacial score (nSPS) is 17.3. The number of methoxy groups -OCH3 is 1. The van der Waals surface area contributed by atoms with E-state index in [1.165, 1.54) is 17.7 Å². The first kappa shape index (κ1) is 27.1. The molecule has 1 atom stereocenters. The summed E-state index contributed by atoms with van der Waals surface area (Å²) in [6, 6.07) is 4.70. The summed E-state index contributed by atoms with van der Waals surface area (Å²) in [7, 11) is 3.09. The van der Waals surface area contributed by atoms with E-state index in [4.69, 9.17) is 9.47 Å². The Hall–Kier alpha value is -4.13. The van der Waals surface area contributed by atoms with Crippen LogP contribution in [0.3, 0.4) is 0 Å². The number of hydrogen-bond donors (Lipinski definition) is 2. The first-order valence-electron chi connectivity index (χ1n) is 13.5. The first-order chi connectivity index (χ1) is 19.7. The van der Waals surface area contributed by atoms with Crippen molar-refractivity contribution in [2.24, 2.45) is 13.0 Å². The fraction of sp³-hybridized carbons (Fsp3) is 0.429. The minimum absolute atomic E-state index is 0.0924. The summed E-state index contributed by atoms with van der Waals surface area (Å²) in [6.45, 7) is 2.26. The van der Waals surface area contributed by atoms with Crippen molar-refractivity contribution in [2.45, 2.75) is 51.7 Å². The second kappa shape index (κ2) is 10.7. The molecule has 1 saturated heterocycles. The van der Waals surface area contributed by atoms with Gasteiger partial charge in [0.15, 0.2) is 23.0 Å². The highest BCUT2D eigenvalue weighted by atomic mass is 19.3. The van der Waals surface area contributed by atoms with Crippen LogP contribution in [0.25, 0.3) is 22.4 Å². The lowest BCUT2D eigenvalue weighted by molar-refractivity contribution is -0.117. The minimum Gasteiger partial charge on any atom is -0.492 e. The van der Waals surface area contributed by atoms with Crippen LogP contribution in [0, 0.1) is 18.7 Å². The number of ether oxygens (including phenoxy) is 2. The standard InChI is InChI=1S/C28H30F3N7O3/c1-14-13-37(2)36-22(14)16-9-10-17(24(40-3)21(16)29)32-18-12-19(34-28(39)15-7-8-15)33-26-23(18)35-27(25(30)31)38(26)20-6-4-5-11-41-20/h9-10,12-13,15,20,25H,4-8,11H2,1-3H3,(H2,32,33,34,39). The van der Waals surface area contributed by atoms with E-state index in [1.807, 2.05) is 6.92 Å². The molecule has 41 heavy (non-hydrogen) atoms. The van der Waals surface area contributed by atoms with Gasteiger partial charge in [0.2, 0.25) is 5.91 Å². The number of carbonyl (C=O) groups is 1. The third-order valence-corrected chi connectivity index (χ3v) is 7.35. The molecule has 4 aromatic rings. The molecular formula is C28H30F3N7O3. The average molecular weight is 570 g/mol. The number of nitrogens with zero attached hydrogens (tertiary/aromatic N) is 5. The molecule has 2 fully saturated rings. The zero-order valence-corrected chi connectivity index (χ0v) is 22.9. The number of fused-ring (bicyclic) bond motifs is 1. The lowest BCUT2D eigenvalue weighted by Gasteiger charge is -2.25. The number of amides is 1. The van der Waals surface area contributed by atoms with E-state index in [-0.39, 0.29) is 51.5 Å². The summed E-state index contributed by atoms with van der Waals surface area (Å²) < 4.78 is 58.5. The summed E-state index contributed by atoms with van der Waals surface area (Å²) >= 11 is 0. The van der Waals surface area contributed by atoms with E-state index in [0.29, 0.717) is 18.7 Å². The maximum atomic E-state index is 15.8. The van der Waals surface area contributed by atoms with Crippen LogP contribution in [0.2, 0.25) is 0 Å². The number of aromatic nitrogens is 5. The molecule has 216 valence electrons. The number of carbonyl (C=O) groups excluding carboxylic acids is 1. The third kappa shape index (κ3) is 5.09. The van der Waals surface area contributed by atoms with Crippen LogP contribution in [0.1, 0.15) is 56.1 Å². The molecule has 10 nitrogen and oxygen atoms in total. The molecule has 1 saturated carbocycles. The molecule has 2 aliphatic rings. The highest BCUT2D eigenvalue weighted by molar-refractivity contribution is 5.97. The van der Waals surface area contributed by atoms with Gasteiger partial charge in [-0.05, 0) is 56.7 Å². The van der Waals surface area contributed by atoms with Crippen molar-refractivity contribution in [2.75, 3.05) is 24.4 Å². The van der Waals surface area contributed by atoms with Crippen molar-refractivity contribution >= 4 is 34.3 Å². The highest BCUT2D eigenvalue weighted by Crippen LogP contribution is 2.41. The Balaban J connectivity index is 1.48. The predicted octanol–water partition coefficient (Wildman–Crippen LogP) is 6.02. The van der Waals surface area contributed by atoms with Crippen molar-refractivity contribution < 1.29 is 27.4 Å². The summed E-state index contributed by atoms with van der Waals surface area (Å²) in [5.41, 5.74) is 2.25. The molecule has 3 aromatic heterocycles. The van der Waals surface area contributed by atoms with Crippen molar-refractivity contribution in [3.05, 3.63) is 41.6 Å². The molecule has 1 aromatic carbocycles. The van der Waals surface area contributed by atoms with Crippen molar-refractivity contribution in [3.63, 3.8) is 0 Å². The molecule has 0 spiro atoms. The maximum absolute atomic E-state index is 15.8. The number of benzene rings is 1. The molecule has 0 bridgehead atoms. The first-order valence-corrected chi connectivity index (χ1v) is 13.5. The molecule has 0 radical (unpaired) electrons. The number of imidazole rings is 1. The molecule has 1 aliphatic carbocycles. The van der Waals surface area contributed by atoms with E-state index in [2.05, 4.69) is 25.7 Å². The number of hydrogen-bond acceptors (Lipinski definition) is 7. The number of halogens is 3. The molecule has 1 unspecified atom stereocenters. The number of pyridine rings is 1. The molecule has 2 N–H and O–H groups in total. The van der Waals surface area contributed by atoms with Crippen molar-refractivity contribution in [1.29, 1.82) is 0 Å². The number of nitrogens with one attached hydrogen (secondary N) is 2. The summed E-state index contributed by atoms with van der Waals surface area (Å²) in [4.78, 5) is 21.4. The Morgan fingerprint density at radius 2 is 1.98 bits per heavy atom. The van der Waals surface area contributed by atoms with Gasteiger partial charge in [0, 0.05) is 37.4 Å². The van der Waals surface area contributed by atoms with Crippen LogP contribution in [0.5, 0.6) is 5.75 Å². The minimum atomic E-state index is -2.90. The van der Waals surface area contributed by atoms with Gasteiger partial charge in [-0.3, -0.25) is 14.0 Å². The van der Waals surface area contributed by atoms with E-state index in [0.717, 1.165) is 31.2 Å². The smallest absolute Gasteiger partial charge is 0.295 e. The average Bonchev–Trinajstić information content (AvgIpc) is 3.65. The number of anilines is 3. The van der Waals surface area contributed by atoms with Crippen LogP contribution < -0.4 is 15.4 Å². The van der Waals surface area contributed by atoms with Gasteiger partial charge < -0.3 is 20.1 Å². The molecule has 6 rings (SSSR count). The van der Waals surface area contributed by atoms with Crippen molar-refractivity contribution in [1.82, 2.24) is 24.3 Å². The van der Waals surface area contributed by atoms with E-state index < -0.39 is 24.3 Å². The van der Waals surface area contributed by atoms with E-state index in [9.17, 15) is 13.6 Å². The van der Waals surface area contributed by atoms with Gasteiger partial charge in [0.25, 0.3) is 6.43 Å². The number of aryl methyl sites for hydroxylation is 2. The maximum Gasteiger partial charge on any atom is 0.295 e. The van der Waals surface area contributed by atoms with Gasteiger partial charge >= 0.3 is 0 Å². The fourth-order valence-corrected chi connectivity index (χ4v) is 5.23. The zero-order valence-electron chi connectivity index (χ0n) is 22.9. The topological polar surface area (TPSA) is 108 Å². The molecular weight excluding hydrogens is 539 g/mol.